The van der Waals surface area contributed by atoms with Gasteiger partial charge < -0.3 is 0 Å². The second-order valence-corrected chi connectivity index (χ2v) is 4.65. The van der Waals surface area contributed by atoms with Gasteiger partial charge in [-0.2, -0.15) is 5.10 Å². The Balaban J connectivity index is 2.21. The molecule has 17 heavy (non-hydrogen) atoms. The highest BCUT2D eigenvalue weighted by molar-refractivity contribution is 9.10. The van der Waals surface area contributed by atoms with E-state index in [-0.39, 0.29) is 5.82 Å². The Morgan fingerprint density at radius 3 is 2.59 bits per heavy atom. The minimum atomic E-state index is -0.243. The molecule has 0 fully saturated rings. The number of rotatable bonds is 1. The molecular weight excluding hydrogens is 283 g/mol. The van der Waals surface area contributed by atoms with Gasteiger partial charge in [-0.1, -0.05) is 15.9 Å². The highest BCUT2D eigenvalue weighted by Crippen LogP contribution is 2.20. The van der Waals surface area contributed by atoms with Crippen LogP contribution in [0, 0.1) is 5.82 Å². The lowest BCUT2D eigenvalue weighted by atomic mass is 10.2. The van der Waals surface area contributed by atoms with Crippen molar-refractivity contribution in [1.29, 1.82) is 0 Å². The van der Waals surface area contributed by atoms with Crippen LogP contribution in [0.4, 0.5) is 4.39 Å². The molecule has 0 aliphatic carbocycles. The van der Waals surface area contributed by atoms with Crippen LogP contribution >= 0.6 is 15.9 Å². The second-order valence-electron chi connectivity index (χ2n) is 3.74. The number of fused-ring (bicyclic) bond motifs is 1. The Labute approximate surface area is 106 Å². The van der Waals surface area contributed by atoms with Crippen LogP contribution in [0.5, 0.6) is 0 Å². The van der Waals surface area contributed by atoms with Gasteiger partial charge in [0.15, 0.2) is 0 Å². The largest absolute Gasteiger partial charge is 0.233 e. The van der Waals surface area contributed by atoms with Crippen molar-refractivity contribution >= 4 is 26.8 Å². The SMILES string of the molecule is Fc1ccc2c(cnn2-c2ccc(Br)cc2)c1. The van der Waals surface area contributed by atoms with E-state index in [4.69, 9.17) is 0 Å². The molecule has 0 atom stereocenters. The van der Waals surface area contributed by atoms with Gasteiger partial charge in [-0.25, -0.2) is 9.07 Å². The average molecular weight is 291 g/mol. The van der Waals surface area contributed by atoms with E-state index in [1.807, 2.05) is 24.3 Å². The van der Waals surface area contributed by atoms with Crippen LogP contribution in [0.25, 0.3) is 16.6 Å². The van der Waals surface area contributed by atoms with Gasteiger partial charge in [-0.3, -0.25) is 0 Å². The van der Waals surface area contributed by atoms with E-state index in [0.717, 1.165) is 21.1 Å². The summed E-state index contributed by atoms with van der Waals surface area (Å²) in [5, 5.41) is 5.07. The van der Waals surface area contributed by atoms with Crippen molar-refractivity contribution in [2.75, 3.05) is 0 Å². The van der Waals surface area contributed by atoms with Crippen LogP contribution in [0.2, 0.25) is 0 Å². The molecule has 0 aliphatic rings. The lowest BCUT2D eigenvalue weighted by Gasteiger charge is -2.03. The molecule has 0 radical (unpaired) electrons. The molecule has 4 heteroatoms. The van der Waals surface area contributed by atoms with Crippen LogP contribution in [0.15, 0.2) is 53.1 Å². The van der Waals surface area contributed by atoms with Crippen LogP contribution < -0.4 is 0 Å². The fourth-order valence-electron chi connectivity index (χ4n) is 1.79. The molecular formula is C13H8BrFN2. The van der Waals surface area contributed by atoms with E-state index >= 15 is 0 Å². The van der Waals surface area contributed by atoms with E-state index in [9.17, 15) is 4.39 Å². The molecule has 3 rings (SSSR count). The summed E-state index contributed by atoms with van der Waals surface area (Å²) < 4.78 is 15.9. The van der Waals surface area contributed by atoms with Gasteiger partial charge in [0.1, 0.15) is 5.82 Å². The maximum atomic E-state index is 13.1. The van der Waals surface area contributed by atoms with E-state index in [1.54, 1.807) is 16.9 Å². The Morgan fingerprint density at radius 2 is 1.82 bits per heavy atom. The molecule has 0 N–H and O–H groups in total. The quantitative estimate of drug-likeness (QED) is 0.664. The van der Waals surface area contributed by atoms with Crippen molar-refractivity contribution in [2.24, 2.45) is 0 Å². The molecule has 0 saturated heterocycles. The number of hydrogen-bond donors (Lipinski definition) is 0. The molecule has 0 spiro atoms. The Bertz CT molecular complexity index is 673. The van der Waals surface area contributed by atoms with Crippen LogP contribution in [-0.4, -0.2) is 9.78 Å². The highest BCUT2D eigenvalue weighted by Gasteiger charge is 2.05. The molecule has 2 nitrogen and oxygen atoms in total. The van der Waals surface area contributed by atoms with Crippen LogP contribution in [0.3, 0.4) is 0 Å². The highest BCUT2D eigenvalue weighted by atomic mass is 79.9. The van der Waals surface area contributed by atoms with Gasteiger partial charge in [-0.05, 0) is 42.5 Å². The number of hydrogen-bond acceptors (Lipinski definition) is 1. The maximum absolute atomic E-state index is 13.1. The zero-order valence-electron chi connectivity index (χ0n) is 8.77. The van der Waals surface area contributed by atoms with Crippen molar-refractivity contribution in [1.82, 2.24) is 9.78 Å². The number of halogens is 2. The van der Waals surface area contributed by atoms with Crippen molar-refractivity contribution in [3.8, 4) is 5.69 Å². The van der Waals surface area contributed by atoms with Crippen LogP contribution in [-0.2, 0) is 0 Å². The zero-order chi connectivity index (χ0) is 11.8. The fourth-order valence-corrected chi connectivity index (χ4v) is 2.06. The minimum Gasteiger partial charge on any atom is -0.233 e. The first-order valence-corrected chi connectivity index (χ1v) is 5.92. The Kier molecular flexibility index (Phi) is 2.44. The summed E-state index contributed by atoms with van der Waals surface area (Å²) in [5.41, 5.74) is 1.85. The van der Waals surface area contributed by atoms with Crippen molar-refractivity contribution < 1.29 is 4.39 Å². The van der Waals surface area contributed by atoms with Gasteiger partial charge in [0.2, 0.25) is 0 Å². The third-order valence-electron chi connectivity index (χ3n) is 2.60. The Hall–Kier alpha value is -1.68. The molecule has 2 aromatic carbocycles. The van der Waals surface area contributed by atoms with Crippen molar-refractivity contribution in [3.05, 3.63) is 59.0 Å². The summed E-state index contributed by atoms with van der Waals surface area (Å²) in [5.74, 6) is -0.243. The summed E-state index contributed by atoms with van der Waals surface area (Å²) in [6.45, 7) is 0. The first-order valence-electron chi connectivity index (χ1n) is 5.13. The summed E-state index contributed by atoms with van der Waals surface area (Å²) >= 11 is 3.39. The maximum Gasteiger partial charge on any atom is 0.124 e. The van der Waals surface area contributed by atoms with Crippen molar-refractivity contribution in [2.45, 2.75) is 0 Å². The number of nitrogens with zero attached hydrogens (tertiary/aromatic N) is 2. The van der Waals surface area contributed by atoms with E-state index in [1.165, 1.54) is 12.1 Å². The monoisotopic (exact) mass is 290 g/mol. The summed E-state index contributed by atoms with van der Waals surface area (Å²) in [4.78, 5) is 0. The van der Waals surface area contributed by atoms with Crippen molar-refractivity contribution in [3.63, 3.8) is 0 Å². The lowest BCUT2D eigenvalue weighted by molar-refractivity contribution is 0.629. The smallest absolute Gasteiger partial charge is 0.124 e. The first-order chi connectivity index (χ1) is 8.24. The molecule has 3 aromatic rings. The first kappa shape index (κ1) is 10.5. The molecule has 0 amide bonds. The normalized spacial score (nSPS) is 10.9. The molecule has 0 bridgehead atoms. The van der Waals surface area contributed by atoms with E-state index < -0.39 is 0 Å². The number of aromatic nitrogens is 2. The van der Waals surface area contributed by atoms with Gasteiger partial charge in [0.05, 0.1) is 17.4 Å². The standard InChI is InChI=1S/C13H8BrFN2/c14-10-1-4-12(5-2-10)17-13-6-3-11(15)7-9(13)8-16-17/h1-8H. The molecule has 0 saturated carbocycles. The summed E-state index contributed by atoms with van der Waals surface area (Å²) in [6, 6.07) is 12.5. The topological polar surface area (TPSA) is 17.8 Å². The third kappa shape index (κ3) is 1.85. The predicted octanol–water partition coefficient (Wildman–Crippen LogP) is 3.93. The lowest BCUT2D eigenvalue weighted by Crippen LogP contribution is -1.95. The van der Waals surface area contributed by atoms with Crippen LogP contribution in [0.1, 0.15) is 0 Å². The van der Waals surface area contributed by atoms with Gasteiger partial charge in [0, 0.05) is 9.86 Å². The predicted molar refractivity (Wildman–Crippen MR) is 68.7 cm³/mol. The van der Waals surface area contributed by atoms with Gasteiger partial charge in [-0.15, -0.1) is 0 Å². The van der Waals surface area contributed by atoms with Gasteiger partial charge >= 0.3 is 0 Å². The summed E-state index contributed by atoms with van der Waals surface area (Å²) in [7, 11) is 0. The minimum absolute atomic E-state index is 0.243. The molecule has 0 aliphatic heterocycles. The summed E-state index contributed by atoms with van der Waals surface area (Å²) in [6.07, 6.45) is 1.67. The zero-order valence-corrected chi connectivity index (χ0v) is 10.4. The molecule has 0 unspecified atom stereocenters. The number of benzene rings is 2. The van der Waals surface area contributed by atoms with E-state index in [0.29, 0.717) is 0 Å². The molecule has 1 aromatic heterocycles. The van der Waals surface area contributed by atoms with Gasteiger partial charge in [0.25, 0.3) is 0 Å². The molecule has 84 valence electrons. The second kappa shape index (κ2) is 3.96. The third-order valence-corrected chi connectivity index (χ3v) is 3.13. The Morgan fingerprint density at radius 1 is 1.06 bits per heavy atom. The average Bonchev–Trinajstić information content (AvgIpc) is 2.73. The fraction of sp³-hybridized carbons (Fsp3) is 0. The molecule has 1 heterocycles. The van der Waals surface area contributed by atoms with E-state index in [2.05, 4.69) is 21.0 Å².